The minimum Gasteiger partial charge on any atom is -0.251 e. The highest BCUT2D eigenvalue weighted by atomic mass is 19.4. The molecule has 0 saturated heterocycles. The maximum absolute atomic E-state index is 14.1. The molecule has 0 saturated carbocycles. The van der Waals surface area contributed by atoms with Gasteiger partial charge in [-0.25, -0.2) is 9.37 Å². The van der Waals surface area contributed by atoms with Gasteiger partial charge < -0.3 is 0 Å². The van der Waals surface area contributed by atoms with Gasteiger partial charge in [0.2, 0.25) is 23.4 Å². The number of halogens is 13. The minimum absolute atomic E-state index is 0.0549. The fourth-order valence-electron chi connectivity index (χ4n) is 12.7. The van der Waals surface area contributed by atoms with Crippen molar-refractivity contribution in [1.82, 2.24) is 83.6 Å². The lowest BCUT2D eigenvalue weighted by atomic mass is 10.2. The van der Waals surface area contributed by atoms with Crippen molar-refractivity contribution in [2.24, 2.45) is 0 Å². The Kier molecular flexibility index (Phi) is 10.5. The molecule has 18 rings (SSSR count). The molecule has 0 radical (unpaired) electrons. The molecular formula is C54H34F13N23+6. The van der Waals surface area contributed by atoms with Crippen LogP contribution < -0.4 is 27.4 Å². The third-order valence-electron chi connectivity index (χ3n) is 16.0. The molecule has 12 aromatic rings. The number of aromatic nitrogens is 23. The molecule has 0 aliphatic carbocycles. The zero-order valence-electron chi connectivity index (χ0n) is 45.9. The van der Waals surface area contributed by atoms with Gasteiger partial charge in [-0.3, -0.25) is 15.0 Å². The van der Waals surface area contributed by atoms with Crippen LogP contribution in [0.1, 0.15) is 45.6 Å². The number of fused-ring (bicyclic) bond motifs is 30. The molecule has 6 aliphatic rings. The molecule has 3 unspecified atom stereocenters. The van der Waals surface area contributed by atoms with Crippen LogP contribution in [0.5, 0.6) is 0 Å². The molecule has 0 bridgehead atoms. The second-order valence-corrected chi connectivity index (χ2v) is 21.4. The average Bonchev–Trinajstić information content (AvgIpc) is 1.52. The lowest BCUT2D eigenvalue weighted by molar-refractivity contribution is -0.991. The highest BCUT2D eigenvalue weighted by Crippen LogP contribution is 2.44. The van der Waals surface area contributed by atoms with Crippen LogP contribution in [0.15, 0.2) is 135 Å². The first-order valence-electron chi connectivity index (χ1n) is 26.6. The monoisotopic (exact) mass is 1250 g/mol. The van der Waals surface area contributed by atoms with Crippen molar-refractivity contribution in [3.63, 3.8) is 0 Å². The molecule has 0 amide bonds. The lowest BCUT2D eigenvalue weighted by Gasteiger charge is -2.16. The van der Waals surface area contributed by atoms with E-state index < -0.39 is 71.0 Å². The summed E-state index contributed by atoms with van der Waals surface area (Å²) in [5.41, 5.74) is 3.82. The van der Waals surface area contributed by atoms with Crippen LogP contribution in [-0.2, 0) is 42.4 Å². The fraction of sp³-hybridized carbons (Fsp3) is 0.204. The van der Waals surface area contributed by atoms with E-state index in [4.69, 9.17) is 0 Å². The van der Waals surface area contributed by atoms with Gasteiger partial charge in [-0.1, -0.05) is 32.1 Å². The predicted molar refractivity (Wildman–Crippen MR) is 268 cm³/mol. The number of rotatable bonds is 0. The maximum Gasteiger partial charge on any atom is 0.584 e. The largest absolute Gasteiger partial charge is 0.584 e. The Labute approximate surface area is 492 Å². The van der Waals surface area contributed by atoms with Crippen LogP contribution in [0.3, 0.4) is 0 Å². The summed E-state index contributed by atoms with van der Waals surface area (Å²) in [6, 6.07) is 11.5. The summed E-state index contributed by atoms with van der Waals surface area (Å²) < 4.78 is 194. The van der Waals surface area contributed by atoms with Crippen LogP contribution >= 0.6 is 0 Å². The average molecular weight is 1250 g/mol. The summed E-state index contributed by atoms with van der Waals surface area (Å²) in [7, 11) is 0. The Hall–Kier alpha value is -11.1. The van der Waals surface area contributed by atoms with Crippen molar-refractivity contribution in [1.29, 1.82) is 0 Å². The van der Waals surface area contributed by atoms with Crippen LogP contribution in [0.4, 0.5) is 57.1 Å². The molecule has 23 nitrogen and oxygen atoms in total. The second-order valence-electron chi connectivity index (χ2n) is 21.4. The summed E-state index contributed by atoms with van der Waals surface area (Å²) in [5.74, 6) is -6.11. The summed E-state index contributed by atoms with van der Waals surface area (Å²) in [6.45, 7) is 7.04. The number of hydrogen-bond donors (Lipinski definition) is 0. The minimum atomic E-state index is -4.72. The first-order chi connectivity index (χ1) is 42.7. The van der Waals surface area contributed by atoms with E-state index in [9.17, 15) is 57.1 Å². The molecule has 0 N–H and O–H groups in total. The van der Waals surface area contributed by atoms with E-state index in [0.29, 0.717) is 68.3 Å². The summed E-state index contributed by atoms with van der Waals surface area (Å²) >= 11 is 0. The molecule has 3 atom stereocenters. The third-order valence-corrected chi connectivity index (χ3v) is 16.0. The molecule has 12 aromatic heterocycles. The molecule has 3 spiro atoms. The van der Waals surface area contributed by atoms with Gasteiger partial charge in [0.15, 0.2) is 59.5 Å². The quantitative estimate of drug-likeness (QED) is 0.148. The molecule has 36 heteroatoms. The van der Waals surface area contributed by atoms with Crippen LogP contribution in [-0.4, -0.2) is 83.6 Å². The predicted octanol–water partition coefficient (Wildman–Crippen LogP) is 4.91. The van der Waals surface area contributed by atoms with Gasteiger partial charge in [-0.05, 0) is 45.9 Å². The molecule has 18 heterocycles. The number of aryl methyl sites for hydroxylation is 4. The van der Waals surface area contributed by atoms with E-state index in [1.807, 2.05) is 24.5 Å². The Bertz CT molecular complexity index is 5100. The fourth-order valence-corrected chi connectivity index (χ4v) is 12.7. The number of alkyl halides is 12. The van der Waals surface area contributed by atoms with Gasteiger partial charge in [-0.15, -0.1) is 28.5 Å². The zero-order valence-corrected chi connectivity index (χ0v) is 45.9. The van der Waals surface area contributed by atoms with Gasteiger partial charge in [-0.2, -0.15) is 83.2 Å². The number of pyridine rings is 2. The van der Waals surface area contributed by atoms with Gasteiger partial charge in [0, 0.05) is 36.4 Å². The van der Waals surface area contributed by atoms with Crippen LogP contribution in [0.25, 0.3) is 68.5 Å². The first-order valence-corrected chi connectivity index (χ1v) is 26.6. The highest BCUT2D eigenvalue weighted by Gasteiger charge is 2.74. The topological polar surface area (TPSA) is 195 Å². The first kappa shape index (κ1) is 54.3. The van der Waals surface area contributed by atoms with Crippen molar-refractivity contribution in [2.45, 2.75) is 70.1 Å². The van der Waals surface area contributed by atoms with Crippen molar-refractivity contribution in [3.05, 3.63) is 187 Å². The van der Waals surface area contributed by atoms with E-state index in [2.05, 4.69) is 55.5 Å². The van der Waals surface area contributed by atoms with Crippen molar-refractivity contribution >= 4 is 0 Å². The molecule has 0 fully saturated rings. The van der Waals surface area contributed by atoms with Crippen molar-refractivity contribution in [2.75, 3.05) is 0 Å². The molecule has 6 aliphatic heterocycles. The highest BCUT2D eigenvalue weighted by molar-refractivity contribution is 5.60. The Morgan fingerprint density at radius 3 is 1.28 bits per heavy atom. The second kappa shape index (κ2) is 17.4. The lowest BCUT2D eigenvalue weighted by Crippen LogP contribution is -2.77. The van der Waals surface area contributed by atoms with E-state index in [-0.39, 0.29) is 22.9 Å². The van der Waals surface area contributed by atoms with E-state index in [0.717, 1.165) is 28.9 Å². The van der Waals surface area contributed by atoms with Crippen molar-refractivity contribution in [3.8, 4) is 68.5 Å². The molecule has 0 aromatic carbocycles. The maximum atomic E-state index is 14.1. The van der Waals surface area contributed by atoms with E-state index in [1.165, 1.54) is 80.3 Å². The van der Waals surface area contributed by atoms with Crippen molar-refractivity contribution < 1.29 is 84.5 Å². The van der Waals surface area contributed by atoms with Gasteiger partial charge >= 0.3 is 42.4 Å². The number of hydrogen-bond acceptors (Lipinski definition) is 11. The molecule has 450 valence electrons. The van der Waals surface area contributed by atoms with Gasteiger partial charge in [0.05, 0.1) is 41.2 Å². The molecular weight excluding hydrogens is 1220 g/mol. The SMILES string of the molecule is Cc1c[n+]2c(cn1)-c1cc(C)nn1C21n2nc(C(F)(F)F)nc2-c2cncc[n+]21.Cc1cc2n(n1)C1(n3nc(C(F)(F)F)cc3-c3cncc[n+]31)[n+]1ccc(C(F)(F)F)cc1-2.Cc1cc2n(n1)C1(n3nc(C(F)(F)F)cc3-c3cncc[n+]31)[n+]1ccc(F)cc1-2. The van der Waals surface area contributed by atoms with E-state index >= 15 is 0 Å². The number of nitrogens with zero attached hydrogens (tertiary/aromatic N) is 23. The molecule has 90 heavy (non-hydrogen) atoms. The van der Waals surface area contributed by atoms with Crippen LogP contribution in [0.2, 0.25) is 0 Å². The summed E-state index contributed by atoms with van der Waals surface area (Å²) in [5, 5.41) is 25.2. The van der Waals surface area contributed by atoms with E-state index in [1.54, 1.807) is 84.6 Å². The standard InChI is InChI=1S/C19H11F6N7.C18H11F4N7.C17H12F3N9/c1-10-6-13-12-7-11(17(20,21)22)2-4-29(12)19(31(13)27-10)30-5-3-26-9-15(30)14-8-16(18(23,24)25)28-32(14)19;1-10-6-13-12-7-11(19)2-4-26(12)18(28(13)24-10)27-5-3-23-9-15(27)14-8-16(17(20,21)22)25-29(14)18;1-9-5-11-12-7-22-10(2)8-27(12)17(28(11)24-9)26-4-3-21-6-13(26)14-23-15(16(18,19)20)25-29(14)17/h2-9H,1H3;2-9H,1H3;3-8H,1-2H3/q3*+2. The van der Waals surface area contributed by atoms with Gasteiger partial charge in [0.1, 0.15) is 47.7 Å². The summed E-state index contributed by atoms with van der Waals surface area (Å²) in [6.07, 6.45) is 1.16. The smallest absolute Gasteiger partial charge is 0.251 e. The van der Waals surface area contributed by atoms with Crippen LogP contribution in [0, 0.1) is 33.5 Å². The third kappa shape index (κ3) is 6.93. The Balaban J connectivity index is 0.000000108. The zero-order chi connectivity index (χ0) is 62.9. The summed E-state index contributed by atoms with van der Waals surface area (Å²) in [4.78, 5) is 20.3. The Morgan fingerprint density at radius 2 is 0.789 bits per heavy atom. The normalized spacial score (nSPS) is 18.6. The van der Waals surface area contributed by atoms with Gasteiger partial charge in [0.25, 0.3) is 28.6 Å². The Morgan fingerprint density at radius 1 is 0.378 bits per heavy atom.